The van der Waals surface area contributed by atoms with Crippen molar-refractivity contribution in [1.29, 1.82) is 0 Å². The Morgan fingerprint density at radius 3 is 2.57 bits per heavy atom. The van der Waals surface area contributed by atoms with Gasteiger partial charge in [-0.05, 0) is 24.5 Å². The summed E-state index contributed by atoms with van der Waals surface area (Å²) < 4.78 is 0. The van der Waals surface area contributed by atoms with Crippen LogP contribution in [0.4, 0.5) is 0 Å². The number of piperidine rings is 1. The molecule has 3 rings (SSSR count). The molecule has 1 aliphatic heterocycles. The van der Waals surface area contributed by atoms with Crippen LogP contribution in [0.1, 0.15) is 29.6 Å². The zero-order valence-corrected chi connectivity index (χ0v) is 12.0. The van der Waals surface area contributed by atoms with E-state index in [2.05, 4.69) is 10.4 Å². The molecule has 1 aromatic carbocycles. The van der Waals surface area contributed by atoms with E-state index >= 15 is 0 Å². The molecule has 1 saturated heterocycles. The fraction of sp³-hybridized carbons (Fsp3) is 0.294. The van der Waals surface area contributed by atoms with Crippen LogP contribution in [-0.2, 0) is 0 Å². The van der Waals surface area contributed by atoms with E-state index in [-0.39, 0.29) is 5.91 Å². The lowest BCUT2D eigenvalue weighted by Gasteiger charge is -2.27. The molecule has 21 heavy (non-hydrogen) atoms. The molecule has 4 nitrogen and oxygen atoms in total. The molecule has 1 aromatic heterocycles. The van der Waals surface area contributed by atoms with Gasteiger partial charge in [0.1, 0.15) is 0 Å². The van der Waals surface area contributed by atoms with Gasteiger partial charge in [0.25, 0.3) is 5.91 Å². The lowest BCUT2D eigenvalue weighted by atomic mass is 10.0. The van der Waals surface area contributed by atoms with Crippen LogP contribution >= 0.6 is 0 Å². The Bertz CT molecular complexity index is 606. The number of carbonyl (C=O) groups is 1. The molecule has 0 radical (unpaired) electrons. The molecule has 108 valence electrons. The second kappa shape index (κ2) is 6.50. The van der Waals surface area contributed by atoms with Crippen molar-refractivity contribution in [1.82, 2.24) is 15.4 Å². The fourth-order valence-corrected chi connectivity index (χ4v) is 2.65. The third-order valence-corrected chi connectivity index (χ3v) is 3.77. The van der Waals surface area contributed by atoms with Crippen LogP contribution in [0.5, 0.6) is 0 Å². The Morgan fingerprint density at radius 1 is 1.05 bits per heavy atom. The van der Waals surface area contributed by atoms with Crippen molar-refractivity contribution in [3.8, 4) is 11.1 Å². The van der Waals surface area contributed by atoms with Gasteiger partial charge < -0.3 is 0 Å². The summed E-state index contributed by atoms with van der Waals surface area (Å²) in [5, 5.41) is 2.01. The number of carbonyl (C=O) groups excluding carboxylic acids is 1. The van der Waals surface area contributed by atoms with Gasteiger partial charge in [0, 0.05) is 31.0 Å². The first-order valence-electron chi connectivity index (χ1n) is 7.40. The van der Waals surface area contributed by atoms with Crippen molar-refractivity contribution in [2.45, 2.75) is 19.3 Å². The van der Waals surface area contributed by atoms with E-state index in [0.29, 0.717) is 5.56 Å². The lowest BCUT2D eigenvalue weighted by Crippen LogP contribution is -2.45. The van der Waals surface area contributed by atoms with Crippen molar-refractivity contribution in [2.24, 2.45) is 0 Å². The largest absolute Gasteiger partial charge is 0.285 e. The Balaban J connectivity index is 1.83. The number of rotatable bonds is 3. The Morgan fingerprint density at radius 2 is 1.81 bits per heavy atom. The highest BCUT2D eigenvalue weighted by atomic mass is 16.2. The van der Waals surface area contributed by atoms with Gasteiger partial charge in [-0.3, -0.25) is 15.2 Å². The van der Waals surface area contributed by atoms with E-state index in [1.54, 1.807) is 18.5 Å². The summed E-state index contributed by atoms with van der Waals surface area (Å²) >= 11 is 0. The summed E-state index contributed by atoms with van der Waals surface area (Å²) in [5.41, 5.74) is 5.56. The molecule has 0 unspecified atom stereocenters. The lowest BCUT2D eigenvalue weighted by molar-refractivity contribution is 0.0750. The number of pyridine rings is 1. The highest BCUT2D eigenvalue weighted by molar-refractivity contribution is 6.00. The highest BCUT2D eigenvalue weighted by Gasteiger charge is 2.17. The van der Waals surface area contributed by atoms with Gasteiger partial charge in [0.15, 0.2) is 0 Å². The third-order valence-electron chi connectivity index (χ3n) is 3.77. The zero-order valence-electron chi connectivity index (χ0n) is 12.0. The first-order chi connectivity index (χ1) is 10.3. The fourth-order valence-electron chi connectivity index (χ4n) is 2.65. The molecular formula is C17H19N3O. The second-order valence-corrected chi connectivity index (χ2v) is 5.28. The summed E-state index contributed by atoms with van der Waals surface area (Å²) in [6.07, 6.45) is 6.94. The van der Waals surface area contributed by atoms with Crippen molar-refractivity contribution in [2.75, 3.05) is 13.1 Å². The topological polar surface area (TPSA) is 45.2 Å². The van der Waals surface area contributed by atoms with Crippen LogP contribution in [0.2, 0.25) is 0 Å². The van der Waals surface area contributed by atoms with Gasteiger partial charge in [-0.1, -0.05) is 36.8 Å². The van der Waals surface area contributed by atoms with Gasteiger partial charge in [0.2, 0.25) is 0 Å². The standard InChI is InChI=1S/C17H19N3O/c21-17(19-20-11-5-2-6-12-20)15-9-10-18-13-16(15)14-7-3-1-4-8-14/h1,3-4,7-10,13H,2,5-6,11-12H2,(H,19,21). The Labute approximate surface area is 124 Å². The van der Waals surface area contributed by atoms with E-state index in [4.69, 9.17) is 0 Å². The van der Waals surface area contributed by atoms with Gasteiger partial charge in [-0.2, -0.15) is 0 Å². The first kappa shape index (κ1) is 13.8. The average Bonchev–Trinajstić information content (AvgIpc) is 2.56. The van der Waals surface area contributed by atoms with Crippen molar-refractivity contribution in [3.05, 3.63) is 54.4 Å². The van der Waals surface area contributed by atoms with Crippen LogP contribution in [0.15, 0.2) is 48.8 Å². The van der Waals surface area contributed by atoms with Crippen LogP contribution in [0.25, 0.3) is 11.1 Å². The monoisotopic (exact) mass is 281 g/mol. The number of nitrogens with one attached hydrogen (secondary N) is 1. The predicted octanol–water partition coefficient (Wildman–Crippen LogP) is 2.88. The van der Waals surface area contributed by atoms with E-state index in [0.717, 1.165) is 37.1 Å². The van der Waals surface area contributed by atoms with Gasteiger partial charge >= 0.3 is 0 Å². The maximum absolute atomic E-state index is 12.5. The molecule has 0 aliphatic carbocycles. The summed E-state index contributed by atoms with van der Waals surface area (Å²) in [6.45, 7) is 1.86. The van der Waals surface area contributed by atoms with Crippen LogP contribution in [-0.4, -0.2) is 29.0 Å². The van der Waals surface area contributed by atoms with Gasteiger partial charge in [0.05, 0.1) is 5.56 Å². The minimum absolute atomic E-state index is 0.0573. The molecule has 0 bridgehead atoms. The number of amides is 1. The van der Waals surface area contributed by atoms with Gasteiger partial charge in [-0.25, -0.2) is 5.01 Å². The van der Waals surface area contributed by atoms with E-state index in [1.807, 2.05) is 35.3 Å². The number of hydrogen-bond acceptors (Lipinski definition) is 3. The minimum Gasteiger partial charge on any atom is -0.285 e. The summed E-state index contributed by atoms with van der Waals surface area (Å²) in [4.78, 5) is 16.7. The number of aromatic nitrogens is 1. The average molecular weight is 281 g/mol. The Hall–Kier alpha value is -2.20. The summed E-state index contributed by atoms with van der Waals surface area (Å²) in [5.74, 6) is -0.0573. The molecule has 1 aliphatic rings. The molecule has 1 amide bonds. The molecule has 2 aromatic rings. The quantitative estimate of drug-likeness (QED) is 0.941. The molecule has 1 N–H and O–H groups in total. The first-order valence-corrected chi connectivity index (χ1v) is 7.40. The number of hydrogen-bond donors (Lipinski definition) is 1. The number of nitrogens with zero attached hydrogens (tertiary/aromatic N) is 2. The zero-order chi connectivity index (χ0) is 14.5. The van der Waals surface area contributed by atoms with Crippen LogP contribution < -0.4 is 5.43 Å². The van der Waals surface area contributed by atoms with Gasteiger partial charge in [-0.15, -0.1) is 0 Å². The maximum atomic E-state index is 12.5. The van der Waals surface area contributed by atoms with Crippen LogP contribution in [0, 0.1) is 0 Å². The predicted molar refractivity (Wildman–Crippen MR) is 82.6 cm³/mol. The van der Waals surface area contributed by atoms with Crippen molar-refractivity contribution >= 4 is 5.91 Å². The molecule has 0 atom stereocenters. The Kier molecular flexibility index (Phi) is 4.26. The molecule has 2 heterocycles. The van der Waals surface area contributed by atoms with Crippen molar-refractivity contribution in [3.63, 3.8) is 0 Å². The SMILES string of the molecule is O=C(NN1CCCCC1)c1ccncc1-c1ccccc1. The second-order valence-electron chi connectivity index (χ2n) is 5.28. The van der Waals surface area contributed by atoms with E-state index in [1.165, 1.54) is 6.42 Å². The molecule has 0 saturated carbocycles. The molecule has 0 spiro atoms. The smallest absolute Gasteiger partial charge is 0.266 e. The minimum atomic E-state index is -0.0573. The van der Waals surface area contributed by atoms with Crippen LogP contribution in [0.3, 0.4) is 0 Å². The summed E-state index contributed by atoms with van der Waals surface area (Å²) in [7, 11) is 0. The molecular weight excluding hydrogens is 262 g/mol. The molecule has 1 fully saturated rings. The number of benzene rings is 1. The molecule has 4 heteroatoms. The van der Waals surface area contributed by atoms with E-state index < -0.39 is 0 Å². The maximum Gasteiger partial charge on any atom is 0.266 e. The summed E-state index contributed by atoms with van der Waals surface area (Å²) in [6, 6.07) is 11.7. The third kappa shape index (κ3) is 3.28. The number of hydrazine groups is 1. The van der Waals surface area contributed by atoms with E-state index in [9.17, 15) is 4.79 Å². The normalized spacial score (nSPS) is 15.6. The highest BCUT2D eigenvalue weighted by Crippen LogP contribution is 2.22. The van der Waals surface area contributed by atoms with Crippen molar-refractivity contribution < 1.29 is 4.79 Å².